The molecule has 84 heavy (non-hydrogen) atoms. The normalized spacial score (nSPS) is 14.3. The number of carbonyl (C=O) groups is 4. The molecule has 0 aliphatic rings. The highest BCUT2D eigenvalue weighted by molar-refractivity contribution is 7.47. The molecule has 3 N–H and O–H groups in total. The first-order valence-electron chi connectivity index (χ1n) is 34.0. The van der Waals surface area contributed by atoms with Crippen molar-refractivity contribution in [3.63, 3.8) is 0 Å². The van der Waals surface area contributed by atoms with Crippen LogP contribution in [0.4, 0.5) is 0 Å². The maximum Gasteiger partial charge on any atom is 0.472 e. The van der Waals surface area contributed by atoms with E-state index in [1.54, 1.807) is 0 Å². The molecule has 0 aromatic rings. The third-order valence-corrected chi connectivity index (χ3v) is 16.9. The molecule has 0 amide bonds. The largest absolute Gasteiger partial charge is 0.472 e. The second kappa shape index (κ2) is 57.5. The van der Waals surface area contributed by atoms with Crippen molar-refractivity contribution in [1.29, 1.82) is 0 Å². The van der Waals surface area contributed by atoms with Crippen LogP contribution in [0.25, 0.3) is 0 Å². The molecule has 0 saturated heterocycles. The molecule has 0 aliphatic carbocycles. The lowest BCUT2D eigenvalue weighted by Crippen LogP contribution is -2.30. The second-order valence-corrected chi connectivity index (χ2v) is 27.4. The Hall–Kier alpha value is -1.94. The third kappa shape index (κ3) is 59.0. The van der Waals surface area contributed by atoms with Crippen molar-refractivity contribution in [1.82, 2.24) is 0 Å². The molecule has 5 atom stereocenters. The minimum Gasteiger partial charge on any atom is -0.462 e. The molecule has 2 unspecified atom stereocenters. The van der Waals surface area contributed by atoms with Crippen LogP contribution >= 0.6 is 15.6 Å². The maximum atomic E-state index is 13.0. The zero-order valence-corrected chi connectivity index (χ0v) is 56.0. The van der Waals surface area contributed by atoms with Crippen molar-refractivity contribution in [3.8, 4) is 0 Å². The molecular weight excluding hydrogens is 1110 g/mol. The molecule has 19 heteroatoms. The summed E-state index contributed by atoms with van der Waals surface area (Å²) in [6.07, 6.45) is 40.5. The zero-order valence-electron chi connectivity index (χ0n) is 54.2. The summed E-state index contributed by atoms with van der Waals surface area (Å²) in [5.41, 5.74) is 0. The van der Waals surface area contributed by atoms with Gasteiger partial charge in [0.2, 0.25) is 0 Å². The van der Waals surface area contributed by atoms with Gasteiger partial charge in [0.05, 0.1) is 26.4 Å². The number of ether oxygens (including phenoxy) is 4. The van der Waals surface area contributed by atoms with Gasteiger partial charge in [0.15, 0.2) is 12.2 Å². The Morgan fingerprint density at radius 3 is 0.810 bits per heavy atom. The number of hydrogen-bond acceptors (Lipinski definition) is 15. The predicted molar refractivity (Wildman–Crippen MR) is 335 cm³/mol. The Bertz CT molecular complexity index is 1650. The van der Waals surface area contributed by atoms with Gasteiger partial charge < -0.3 is 33.8 Å². The van der Waals surface area contributed by atoms with E-state index in [1.807, 2.05) is 0 Å². The Labute approximate surface area is 511 Å². The van der Waals surface area contributed by atoms with Crippen LogP contribution in [0.5, 0.6) is 0 Å². The Morgan fingerprint density at radius 1 is 0.321 bits per heavy atom. The molecule has 0 aliphatic heterocycles. The van der Waals surface area contributed by atoms with Gasteiger partial charge in [-0.25, -0.2) is 9.13 Å². The first-order chi connectivity index (χ1) is 40.4. The predicted octanol–water partition coefficient (Wildman–Crippen LogP) is 18.0. The maximum absolute atomic E-state index is 13.0. The molecule has 0 radical (unpaired) electrons. The number of hydrogen-bond donors (Lipinski definition) is 3. The number of aliphatic hydroxyl groups excluding tert-OH is 1. The van der Waals surface area contributed by atoms with Crippen molar-refractivity contribution in [2.45, 2.75) is 342 Å². The van der Waals surface area contributed by atoms with Crippen LogP contribution in [0.1, 0.15) is 324 Å². The summed E-state index contributed by atoms with van der Waals surface area (Å²) in [7, 11) is -9.88. The summed E-state index contributed by atoms with van der Waals surface area (Å²) in [6.45, 7) is 9.40. The minimum atomic E-state index is -4.95. The van der Waals surface area contributed by atoms with Crippen LogP contribution in [0, 0.1) is 11.8 Å². The fraction of sp³-hybridized carbons (Fsp3) is 0.938. The molecule has 498 valence electrons. The van der Waals surface area contributed by atoms with Crippen LogP contribution in [-0.4, -0.2) is 96.7 Å². The topological polar surface area (TPSA) is 237 Å². The standard InChI is InChI=1S/C65H126O17P2/c1-7-9-11-13-15-17-18-22-25-29-36-42-48-63(68)76-53-60(81-64(69)49-43-37-30-26-23-20-19-21-24-27-33-39-45-57(3)4)55-79-83(71,72)77-51-59(66)52-78-84(73,74)80-56-61(54-75-62(67)47-41-35-28-16-14-12-10-8-2)82-65(70)50-44-38-32-31-34-40-46-58(5)6/h57-61,66H,7-56H2,1-6H3,(H,71,72)(H,73,74)/t59-,60-,61-/m1/s1. The average Bonchev–Trinajstić information content (AvgIpc) is 3.58. The Kier molecular flexibility index (Phi) is 56.2. The van der Waals surface area contributed by atoms with Gasteiger partial charge in [0.25, 0.3) is 0 Å². The molecule has 0 aromatic carbocycles. The SMILES string of the molecule is CCCCCCCCCCCCCCC(=O)OC[C@H](COP(=O)(O)OC[C@@H](O)COP(=O)(O)OC[C@@H](COC(=O)CCCCCCCCCC)OC(=O)CCCCCCCCC(C)C)OC(=O)CCCCCCCCCCCCCCC(C)C. The highest BCUT2D eigenvalue weighted by atomic mass is 31.2. The fourth-order valence-corrected chi connectivity index (χ4v) is 11.3. The average molecular weight is 1240 g/mol. The number of aliphatic hydroxyl groups is 1. The quantitative estimate of drug-likeness (QED) is 0.0222. The van der Waals surface area contributed by atoms with Crippen LogP contribution in [0.3, 0.4) is 0 Å². The van der Waals surface area contributed by atoms with Crippen molar-refractivity contribution >= 4 is 39.5 Å². The second-order valence-electron chi connectivity index (χ2n) is 24.5. The van der Waals surface area contributed by atoms with Gasteiger partial charge in [0.1, 0.15) is 19.3 Å². The van der Waals surface area contributed by atoms with E-state index in [9.17, 15) is 43.2 Å². The highest BCUT2D eigenvalue weighted by Crippen LogP contribution is 2.45. The van der Waals surface area contributed by atoms with Gasteiger partial charge >= 0.3 is 39.5 Å². The molecule has 0 bridgehead atoms. The fourth-order valence-electron chi connectivity index (χ4n) is 9.71. The van der Waals surface area contributed by atoms with Crippen LogP contribution < -0.4 is 0 Å². The van der Waals surface area contributed by atoms with Crippen molar-refractivity contribution in [3.05, 3.63) is 0 Å². The van der Waals surface area contributed by atoms with Gasteiger partial charge in [-0.1, -0.05) is 273 Å². The van der Waals surface area contributed by atoms with Gasteiger partial charge in [-0.3, -0.25) is 37.3 Å². The first kappa shape index (κ1) is 82.1. The summed E-state index contributed by atoms with van der Waals surface area (Å²) < 4.78 is 68.0. The van der Waals surface area contributed by atoms with Crippen molar-refractivity contribution < 1.29 is 80.2 Å². The number of phosphoric ester groups is 2. The van der Waals surface area contributed by atoms with E-state index in [1.165, 1.54) is 135 Å². The number of unbranched alkanes of at least 4 members (excludes halogenated alkanes) is 34. The van der Waals surface area contributed by atoms with E-state index < -0.39 is 97.5 Å². The lowest BCUT2D eigenvalue weighted by atomic mass is 10.0. The summed E-state index contributed by atoms with van der Waals surface area (Å²) in [6, 6.07) is 0. The number of rotatable bonds is 64. The summed E-state index contributed by atoms with van der Waals surface area (Å²) in [4.78, 5) is 72.2. The number of phosphoric acid groups is 2. The van der Waals surface area contributed by atoms with E-state index in [0.717, 1.165) is 102 Å². The smallest absolute Gasteiger partial charge is 0.462 e. The first-order valence-corrected chi connectivity index (χ1v) is 37.0. The van der Waals surface area contributed by atoms with Crippen LogP contribution in [-0.2, 0) is 65.4 Å². The Balaban J connectivity index is 5.22. The van der Waals surface area contributed by atoms with Gasteiger partial charge in [-0.05, 0) is 37.5 Å². The summed E-state index contributed by atoms with van der Waals surface area (Å²) in [5, 5.41) is 10.5. The summed E-state index contributed by atoms with van der Waals surface area (Å²) >= 11 is 0. The van der Waals surface area contributed by atoms with Gasteiger partial charge in [-0.15, -0.1) is 0 Å². The zero-order chi connectivity index (χ0) is 62.2. The molecule has 0 fully saturated rings. The molecule has 0 spiro atoms. The monoisotopic (exact) mass is 1240 g/mol. The van der Waals surface area contributed by atoms with E-state index in [4.69, 9.17) is 37.0 Å². The van der Waals surface area contributed by atoms with E-state index in [2.05, 4.69) is 41.5 Å². The Morgan fingerprint density at radius 2 is 0.548 bits per heavy atom. The lowest BCUT2D eigenvalue weighted by Gasteiger charge is -2.21. The van der Waals surface area contributed by atoms with E-state index in [-0.39, 0.29) is 25.7 Å². The number of esters is 4. The minimum absolute atomic E-state index is 0.102. The third-order valence-electron chi connectivity index (χ3n) is 15.0. The van der Waals surface area contributed by atoms with Crippen molar-refractivity contribution in [2.24, 2.45) is 11.8 Å². The molecule has 0 heterocycles. The van der Waals surface area contributed by atoms with Crippen LogP contribution in [0.15, 0.2) is 0 Å². The van der Waals surface area contributed by atoms with E-state index in [0.29, 0.717) is 31.6 Å². The number of carbonyl (C=O) groups excluding carboxylic acids is 4. The summed E-state index contributed by atoms with van der Waals surface area (Å²) in [5.74, 6) is -0.691. The van der Waals surface area contributed by atoms with Crippen LogP contribution in [0.2, 0.25) is 0 Å². The molecule has 0 saturated carbocycles. The van der Waals surface area contributed by atoms with Crippen molar-refractivity contribution in [2.75, 3.05) is 39.6 Å². The van der Waals surface area contributed by atoms with Gasteiger partial charge in [0, 0.05) is 25.7 Å². The molecule has 0 aromatic heterocycles. The lowest BCUT2D eigenvalue weighted by molar-refractivity contribution is -0.161. The molecule has 17 nitrogen and oxygen atoms in total. The van der Waals surface area contributed by atoms with Gasteiger partial charge in [-0.2, -0.15) is 0 Å². The highest BCUT2D eigenvalue weighted by Gasteiger charge is 2.30. The van der Waals surface area contributed by atoms with E-state index >= 15 is 0 Å². The molecular formula is C65H126O17P2. The molecule has 0 rings (SSSR count).